The fourth-order valence-electron chi connectivity index (χ4n) is 2.43. The summed E-state index contributed by atoms with van der Waals surface area (Å²) < 4.78 is 11.0. The molecule has 0 saturated heterocycles. The Hall–Kier alpha value is -3.26. The number of hydrogen-bond acceptors (Lipinski definition) is 3. The molecule has 27 heavy (non-hydrogen) atoms. The second-order valence-electron chi connectivity index (χ2n) is 6.21. The quantitative estimate of drug-likeness (QED) is 0.524. The summed E-state index contributed by atoms with van der Waals surface area (Å²) >= 11 is 0. The summed E-state index contributed by atoms with van der Waals surface area (Å²) in [5, 5.41) is 2.88. The first-order chi connectivity index (χ1) is 13.0. The molecule has 2 aromatic rings. The SMILES string of the molecule is [C-]#[N+]c1cc(C(=O)NCCc2ccc(OCC=C)cc2)ccc1OC(C)C. The van der Waals surface area contributed by atoms with Gasteiger partial charge < -0.3 is 14.8 Å². The molecule has 0 aliphatic heterocycles. The van der Waals surface area contributed by atoms with Crippen molar-refractivity contribution in [1.29, 1.82) is 0 Å². The van der Waals surface area contributed by atoms with Gasteiger partial charge in [0.05, 0.1) is 12.7 Å². The molecule has 0 aliphatic carbocycles. The molecule has 140 valence electrons. The molecule has 0 aromatic heterocycles. The lowest BCUT2D eigenvalue weighted by molar-refractivity contribution is 0.0954. The van der Waals surface area contributed by atoms with Crippen LogP contribution in [-0.4, -0.2) is 25.2 Å². The summed E-state index contributed by atoms with van der Waals surface area (Å²) in [4.78, 5) is 15.8. The zero-order valence-electron chi connectivity index (χ0n) is 15.7. The van der Waals surface area contributed by atoms with Gasteiger partial charge in [-0.2, -0.15) is 0 Å². The molecular weight excluding hydrogens is 340 g/mol. The largest absolute Gasteiger partial charge is 0.502 e. The normalized spacial score (nSPS) is 10.1. The second kappa shape index (κ2) is 10.0. The minimum atomic E-state index is -0.207. The summed E-state index contributed by atoms with van der Waals surface area (Å²) in [7, 11) is 0. The van der Waals surface area contributed by atoms with Crippen LogP contribution in [0.5, 0.6) is 11.5 Å². The number of nitrogens with zero attached hydrogens (tertiary/aromatic N) is 1. The Bertz CT molecular complexity index is 820. The maximum atomic E-state index is 12.3. The number of carbonyl (C=O) groups excluding carboxylic acids is 1. The van der Waals surface area contributed by atoms with Crippen molar-refractivity contribution in [2.45, 2.75) is 26.4 Å². The van der Waals surface area contributed by atoms with Crippen molar-refractivity contribution in [1.82, 2.24) is 5.32 Å². The van der Waals surface area contributed by atoms with E-state index in [1.165, 1.54) is 0 Å². The molecule has 0 saturated carbocycles. The van der Waals surface area contributed by atoms with Gasteiger partial charge in [-0.3, -0.25) is 4.79 Å². The van der Waals surface area contributed by atoms with Gasteiger partial charge in [0.1, 0.15) is 18.1 Å². The van der Waals surface area contributed by atoms with Gasteiger partial charge >= 0.3 is 0 Å². The van der Waals surface area contributed by atoms with Crippen molar-refractivity contribution >= 4 is 11.6 Å². The van der Waals surface area contributed by atoms with Crippen molar-refractivity contribution in [3.8, 4) is 11.5 Å². The molecule has 0 bridgehead atoms. The number of amides is 1. The van der Waals surface area contributed by atoms with E-state index in [1.54, 1.807) is 24.3 Å². The molecule has 0 radical (unpaired) electrons. The van der Waals surface area contributed by atoms with E-state index in [0.29, 0.717) is 36.6 Å². The maximum absolute atomic E-state index is 12.3. The second-order valence-corrected chi connectivity index (χ2v) is 6.21. The van der Waals surface area contributed by atoms with Crippen LogP contribution in [0.3, 0.4) is 0 Å². The standard InChI is InChI=1S/C22H24N2O3/c1-5-14-26-19-9-6-17(7-10-19)12-13-24-22(25)18-8-11-21(27-16(2)3)20(15-18)23-4/h5-11,15-16H,1,12-14H2,2-3H3,(H,24,25). The van der Waals surface area contributed by atoms with E-state index in [1.807, 2.05) is 38.1 Å². The van der Waals surface area contributed by atoms with Crippen molar-refractivity contribution in [2.24, 2.45) is 0 Å². The zero-order valence-corrected chi connectivity index (χ0v) is 15.7. The van der Waals surface area contributed by atoms with E-state index in [0.717, 1.165) is 11.3 Å². The molecule has 0 spiro atoms. The van der Waals surface area contributed by atoms with E-state index in [-0.39, 0.29) is 12.0 Å². The molecule has 2 rings (SSSR count). The van der Waals surface area contributed by atoms with Gasteiger partial charge in [0.15, 0.2) is 0 Å². The Kier molecular flexibility index (Phi) is 7.45. The van der Waals surface area contributed by atoms with Gasteiger partial charge in [-0.1, -0.05) is 24.8 Å². The van der Waals surface area contributed by atoms with Crippen LogP contribution in [0.2, 0.25) is 0 Å². The highest BCUT2D eigenvalue weighted by Crippen LogP contribution is 2.29. The van der Waals surface area contributed by atoms with E-state index in [9.17, 15) is 4.79 Å². The first-order valence-electron chi connectivity index (χ1n) is 8.82. The van der Waals surface area contributed by atoms with E-state index < -0.39 is 0 Å². The van der Waals surface area contributed by atoms with Gasteiger partial charge in [-0.15, -0.1) is 0 Å². The van der Waals surface area contributed by atoms with Gasteiger partial charge in [0.25, 0.3) is 0 Å². The van der Waals surface area contributed by atoms with Gasteiger partial charge in [0, 0.05) is 12.1 Å². The van der Waals surface area contributed by atoms with Crippen LogP contribution < -0.4 is 14.8 Å². The number of carbonyl (C=O) groups is 1. The van der Waals surface area contributed by atoms with Crippen LogP contribution in [0.4, 0.5) is 5.69 Å². The average Bonchev–Trinajstić information content (AvgIpc) is 2.67. The predicted molar refractivity (Wildman–Crippen MR) is 107 cm³/mol. The van der Waals surface area contributed by atoms with Crippen LogP contribution in [0.1, 0.15) is 29.8 Å². The molecule has 0 aliphatic rings. The minimum absolute atomic E-state index is 0.0289. The Morgan fingerprint density at radius 3 is 2.63 bits per heavy atom. The topological polar surface area (TPSA) is 51.9 Å². The summed E-state index contributed by atoms with van der Waals surface area (Å²) in [5.41, 5.74) is 1.89. The number of nitrogens with one attached hydrogen (secondary N) is 1. The van der Waals surface area contributed by atoms with E-state index in [4.69, 9.17) is 16.0 Å². The van der Waals surface area contributed by atoms with Crippen molar-refractivity contribution < 1.29 is 14.3 Å². The maximum Gasteiger partial charge on any atom is 0.250 e. The highest BCUT2D eigenvalue weighted by Gasteiger charge is 2.11. The number of rotatable bonds is 9. The third-order valence-electron chi connectivity index (χ3n) is 3.69. The molecule has 0 atom stereocenters. The molecule has 1 amide bonds. The summed E-state index contributed by atoms with van der Waals surface area (Å²) in [6.07, 6.45) is 2.38. The number of benzene rings is 2. The lowest BCUT2D eigenvalue weighted by atomic mass is 10.1. The average molecular weight is 364 g/mol. The first-order valence-corrected chi connectivity index (χ1v) is 8.82. The highest BCUT2D eigenvalue weighted by molar-refractivity contribution is 5.95. The molecule has 5 nitrogen and oxygen atoms in total. The summed E-state index contributed by atoms with van der Waals surface area (Å²) in [6, 6.07) is 12.6. The van der Waals surface area contributed by atoms with Gasteiger partial charge in [0.2, 0.25) is 11.6 Å². The Balaban J connectivity index is 1.90. The highest BCUT2D eigenvalue weighted by atomic mass is 16.5. The lowest BCUT2D eigenvalue weighted by Gasteiger charge is -2.12. The zero-order chi connectivity index (χ0) is 19.6. The molecule has 0 fully saturated rings. The third-order valence-corrected chi connectivity index (χ3v) is 3.69. The third kappa shape index (κ3) is 6.19. The van der Waals surface area contributed by atoms with Crippen LogP contribution in [0.15, 0.2) is 55.1 Å². The molecule has 1 N–H and O–H groups in total. The predicted octanol–water partition coefficient (Wildman–Crippen LogP) is 4.56. The summed E-state index contributed by atoms with van der Waals surface area (Å²) in [5.74, 6) is 1.08. The van der Waals surface area contributed by atoms with Crippen LogP contribution in [0, 0.1) is 6.57 Å². The van der Waals surface area contributed by atoms with Gasteiger partial charge in [-0.05, 0) is 56.2 Å². The Morgan fingerprint density at radius 2 is 2.00 bits per heavy atom. The first kappa shape index (κ1) is 20.1. The fourth-order valence-corrected chi connectivity index (χ4v) is 2.43. The van der Waals surface area contributed by atoms with Crippen LogP contribution >= 0.6 is 0 Å². The number of ether oxygens (including phenoxy) is 2. The van der Waals surface area contributed by atoms with Gasteiger partial charge in [-0.25, -0.2) is 4.85 Å². The summed E-state index contributed by atoms with van der Waals surface area (Å²) in [6.45, 7) is 15.7. The molecular formula is C22H24N2O3. The van der Waals surface area contributed by atoms with E-state index >= 15 is 0 Å². The molecule has 2 aromatic carbocycles. The molecule has 0 heterocycles. The fraction of sp³-hybridized carbons (Fsp3) is 0.273. The van der Waals surface area contributed by atoms with Crippen molar-refractivity contribution in [3.05, 3.63) is 77.7 Å². The number of hydrogen-bond donors (Lipinski definition) is 1. The van der Waals surface area contributed by atoms with Crippen molar-refractivity contribution in [2.75, 3.05) is 13.2 Å². The Labute approximate surface area is 160 Å². The monoisotopic (exact) mass is 364 g/mol. The van der Waals surface area contributed by atoms with Crippen molar-refractivity contribution in [3.63, 3.8) is 0 Å². The smallest absolute Gasteiger partial charge is 0.250 e. The Morgan fingerprint density at radius 1 is 1.26 bits per heavy atom. The lowest BCUT2D eigenvalue weighted by Crippen LogP contribution is -2.25. The minimum Gasteiger partial charge on any atom is -0.502 e. The molecule has 5 heteroatoms. The molecule has 0 unspecified atom stereocenters. The van der Waals surface area contributed by atoms with Crippen LogP contribution in [0.25, 0.3) is 4.85 Å². The van der Waals surface area contributed by atoms with Crippen LogP contribution in [-0.2, 0) is 6.42 Å². The van der Waals surface area contributed by atoms with E-state index in [2.05, 4.69) is 16.7 Å².